The molecule has 0 radical (unpaired) electrons. The monoisotopic (exact) mass is 294 g/mol. The van der Waals surface area contributed by atoms with Crippen LogP contribution in [-0.4, -0.2) is 29.3 Å². The minimum absolute atomic E-state index is 0.00653. The number of nitrogens with one attached hydrogen (secondary N) is 1. The van der Waals surface area contributed by atoms with Crippen LogP contribution in [0.4, 0.5) is 0 Å². The summed E-state index contributed by atoms with van der Waals surface area (Å²) in [6, 6.07) is 4.33. The fraction of sp³-hybridized carbons (Fsp3) is 0.600. The molecule has 20 heavy (non-hydrogen) atoms. The largest absolute Gasteiger partial charge is 0.351 e. The number of aryl methyl sites for hydroxylation is 1. The van der Waals surface area contributed by atoms with E-state index in [9.17, 15) is 9.59 Å². The van der Waals surface area contributed by atoms with E-state index >= 15 is 0 Å². The van der Waals surface area contributed by atoms with Gasteiger partial charge >= 0.3 is 0 Å². The summed E-state index contributed by atoms with van der Waals surface area (Å²) in [6.45, 7) is 7.20. The Morgan fingerprint density at radius 1 is 1.45 bits per heavy atom. The van der Waals surface area contributed by atoms with Crippen molar-refractivity contribution in [2.45, 2.75) is 46.2 Å². The normalized spacial score (nSPS) is 18.9. The van der Waals surface area contributed by atoms with E-state index in [1.165, 1.54) is 9.75 Å². The molecule has 2 amide bonds. The maximum absolute atomic E-state index is 12.1. The average Bonchev–Trinajstić information content (AvgIpc) is 3.02. The van der Waals surface area contributed by atoms with Crippen molar-refractivity contribution >= 4 is 23.2 Å². The summed E-state index contributed by atoms with van der Waals surface area (Å²) in [5, 5.41) is 2.95. The molecule has 4 nitrogen and oxygen atoms in total. The molecule has 0 aliphatic carbocycles. The average molecular weight is 294 g/mol. The minimum atomic E-state index is -0.199. The van der Waals surface area contributed by atoms with Crippen molar-refractivity contribution in [2.24, 2.45) is 5.92 Å². The van der Waals surface area contributed by atoms with Gasteiger partial charge in [-0.25, -0.2) is 0 Å². The summed E-state index contributed by atoms with van der Waals surface area (Å²) >= 11 is 1.73. The van der Waals surface area contributed by atoms with Gasteiger partial charge in [0.1, 0.15) is 0 Å². The second-order valence-electron chi connectivity index (χ2n) is 5.48. The molecule has 1 aliphatic heterocycles. The van der Waals surface area contributed by atoms with Crippen molar-refractivity contribution in [3.63, 3.8) is 0 Å². The van der Waals surface area contributed by atoms with Crippen LogP contribution in [0.25, 0.3) is 0 Å². The molecule has 5 heteroatoms. The predicted molar refractivity (Wildman–Crippen MR) is 80.5 cm³/mol. The zero-order valence-corrected chi connectivity index (χ0v) is 13.1. The molecule has 2 rings (SSSR count). The molecule has 1 N–H and O–H groups in total. The molecule has 0 spiro atoms. The number of rotatable bonds is 5. The van der Waals surface area contributed by atoms with Crippen LogP contribution in [0, 0.1) is 5.92 Å². The zero-order valence-electron chi connectivity index (χ0n) is 12.3. The number of hydrogen-bond donors (Lipinski definition) is 1. The molecule has 1 unspecified atom stereocenters. The molecule has 1 aromatic heterocycles. The van der Waals surface area contributed by atoms with Crippen LogP contribution in [0.15, 0.2) is 12.1 Å². The van der Waals surface area contributed by atoms with Crippen LogP contribution < -0.4 is 5.32 Å². The first-order chi connectivity index (χ1) is 9.51. The van der Waals surface area contributed by atoms with E-state index in [0.717, 1.165) is 6.42 Å². The van der Waals surface area contributed by atoms with Gasteiger partial charge in [0.15, 0.2) is 0 Å². The molecule has 1 aliphatic rings. The van der Waals surface area contributed by atoms with Crippen molar-refractivity contribution in [1.29, 1.82) is 0 Å². The van der Waals surface area contributed by atoms with E-state index in [2.05, 4.69) is 24.4 Å². The number of carbonyl (C=O) groups excluding carboxylic acids is 2. The Hall–Kier alpha value is -1.36. The highest BCUT2D eigenvalue weighted by molar-refractivity contribution is 7.11. The number of carbonyl (C=O) groups is 2. The maximum Gasteiger partial charge on any atom is 0.225 e. The fourth-order valence-electron chi connectivity index (χ4n) is 2.43. The van der Waals surface area contributed by atoms with Gasteiger partial charge in [0.2, 0.25) is 11.8 Å². The first kappa shape index (κ1) is 15.0. The SMILES string of the molecule is CCc1ccc(CNC(=O)C2CC(=O)N(C(C)C)C2)s1. The molecule has 0 saturated carbocycles. The fourth-order valence-corrected chi connectivity index (χ4v) is 3.33. The lowest BCUT2D eigenvalue weighted by Gasteiger charge is -2.20. The highest BCUT2D eigenvalue weighted by Crippen LogP contribution is 2.21. The molecular formula is C15H22N2O2S. The number of hydrogen-bond acceptors (Lipinski definition) is 3. The number of nitrogens with zero attached hydrogens (tertiary/aromatic N) is 1. The topological polar surface area (TPSA) is 49.4 Å². The summed E-state index contributed by atoms with van der Waals surface area (Å²) in [7, 11) is 0. The standard InChI is InChI=1S/C15H22N2O2S/c1-4-12-5-6-13(20-12)8-16-15(19)11-7-14(18)17(9-11)10(2)3/h5-6,10-11H,4,7-9H2,1-3H3,(H,16,19). The maximum atomic E-state index is 12.1. The number of amides is 2. The summed E-state index contributed by atoms with van der Waals surface area (Å²) < 4.78 is 0. The van der Waals surface area contributed by atoms with Gasteiger partial charge in [-0.1, -0.05) is 6.92 Å². The van der Waals surface area contributed by atoms with Gasteiger partial charge in [0.25, 0.3) is 0 Å². The van der Waals surface area contributed by atoms with Crippen molar-refractivity contribution < 1.29 is 9.59 Å². The van der Waals surface area contributed by atoms with Crippen molar-refractivity contribution in [1.82, 2.24) is 10.2 Å². The van der Waals surface area contributed by atoms with E-state index in [4.69, 9.17) is 0 Å². The Bertz CT molecular complexity index is 496. The third kappa shape index (κ3) is 3.39. The molecule has 2 heterocycles. The summed E-state index contributed by atoms with van der Waals surface area (Å²) in [4.78, 5) is 28.2. The second-order valence-corrected chi connectivity index (χ2v) is 6.73. The van der Waals surface area contributed by atoms with Gasteiger partial charge in [-0.05, 0) is 32.4 Å². The van der Waals surface area contributed by atoms with Crippen LogP contribution in [-0.2, 0) is 22.6 Å². The zero-order chi connectivity index (χ0) is 14.7. The molecule has 1 atom stereocenters. The van der Waals surface area contributed by atoms with E-state index in [1.54, 1.807) is 16.2 Å². The summed E-state index contributed by atoms with van der Waals surface area (Å²) in [5.41, 5.74) is 0. The van der Waals surface area contributed by atoms with Crippen molar-refractivity contribution in [3.8, 4) is 0 Å². The van der Waals surface area contributed by atoms with E-state index in [-0.39, 0.29) is 23.8 Å². The van der Waals surface area contributed by atoms with Crippen LogP contribution in [0.2, 0.25) is 0 Å². The molecule has 1 saturated heterocycles. The Balaban J connectivity index is 1.85. The Morgan fingerprint density at radius 3 is 2.70 bits per heavy atom. The highest BCUT2D eigenvalue weighted by atomic mass is 32.1. The predicted octanol–water partition coefficient (Wildman–Crippen LogP) is 2.18. The van der Waals surface area contributed by atoms with Crippen molar-refractivity contribution in [2.75, 3.05) is 6.54 Å². The van der Waals surface area contributed by atoms with Gasteiger partial charge in [0, 0.05) is 28.8 Å². The van der Waals surface area contributed by atoms with Gasteiger partial charge in [-0.3, -0.25) is 9.59 Å². The lowest BCUT2D eigenvalue weighted by Crippen LogP contribution is -2.35. The van der Waals surface area contributed by atoms with Crippen LogP contribution in [0.5, 0.6) is 0 Å². The van der Waals surface area contributed by atoms with E-state index in [1.807, 2.05) is 13.8 Å². The molecule has 0 bridgehead atoms. The molecular weight excluding hydrogens is 272 g/mol. The highest BCUT2D eigenvalue weighted by Gasteiger charge is 2.35. The third-order valence-electron chi connectivity index (χ3n) is 3.66. The molecule has 1 aromatic rings. The van der Waals surface area contributed by atoms with Crippen LogP contribution in [0.3, 0.4) is 0 Å². The first-order valence-corrected chi connectivity index (χ1v) is 7.97. The molecule has 0 aromatic carbocycles. The van der Waals surface area contributed by atoms with Gasteiger partial charge in [0.05, 0.1) is 12.5 Å². The molecule has 1 fully saturated rings. The Kier molecular flexibility index (Phi) is 4.81. The minimum Gasteiger partial charge on any atom is -0.351 e. The smallest absolute Gasteiger partial charge is 0.225 e. The van der Waals surface area contributed by atoms with Gasteiger partial charge in [-0.15, -0.1) is 11.3 Å². The quantitative estimate of drug-likeness (QED) is 0.905. The number of likely N-dealkylation sites (tertiary alicyclic amines) is 1. The third-order valence-corrected chi connectivity index (χ3v) is 4.88. The van der Waals surface area contributed by atoms with Gasteiger partial charge < -0.3 is 10.2 Å². The van der Waals surface area contributed by atoms with Crippen LogP contribution in [0.1, 0.15) is 36.9 Å². The van der Waals surface area contributed by atoms with E-state index in [0.29, 0.717) is 19.5 Å². The lowest BCUT2D eigenvalue weighted by molar-refractivity contribution is -0.129. The Labute approximate surface area is 124 Å². The lowest BCUT2D eigenvalue weighted by atomic mass is 10.1. The van der Waals surface area contributed by atoms with Crippen molar-refractivity contribution in [3.05, 3.63) is 21.9 Å². The number of thiophene rings is 1. The first-order valence-electron chi connectivity index (χ1n) is 7.16. The molecule has 110 valence electrons. The van der Waals surface area contributed by atoms with Crippen LogP contribution >= 0.6 is 11.3 Å². The van der Waals surface area contributed by atoms with E-state index < -0.39 is 0 Å². The second kappa shape index (κ2) is 6.39. The van der Waals surface area contributed by atoms with Gasteiger partial charge in [-0.2, -0.15) is 0 Å². The summed E-state index contributed by atoms with van der Waals surface area (Å²) in [6.07, 6.45) is 1.37. The summed E-state index contributed by atoms with van der Waals surface area (Å²) in [5.74, 6) is -0.118. The Morgan fingerprint density at radius 2 is 2.15 bits per heavy atom.